The second-order valence-electron chi connectivity index (χ2n) is 4.86. The van der Waals surface area contributed by atoms with E-state index in [1.54, 1.807) is 60.7 Å². The van der Waals surface area contributed by atoms with Crippen LogP contribution >= 0.6 is 0 Å². The zero-order valence-corrected chi connectivity index (χ0v) is 11.8. The first-order chi connectivity index (χ1) is 10.6. The van der Waals surface area contributed by atoms with Gasteiger partial charge in [0.2, 0.25) is 0 Å². The average molecular weight is 294 g/mol. The molecule has 0 aromatic heterocycles. The summed E-state index contributed by atoms with van der Waals surface area (Å²) in [7, 11) is 0. The van der Waals surface area contributed by atoms with Crippen molar-refractivity contribution < 1.29 is 19.8 Å². The highest BCUT2D eigenvalue weighted by Gasteiger charge is 2.11. The molecule has 0 atom stereocenters. The lowest BCUT2D eigenvalue weighted by Gasteiger charge is -2.18. The van der Waals surface area contributed by atoms with E-state index in [9.17, 15) is 19.8 Å². The maximum absolute atomic E-state index is 11.4. The van der Waals surface area contributed by atoms with Gasteiger partial charge in [-0.05, 0) is 35.1 Å². The number of hydrogen-bond acceptors (Lipinski definition) is 4. The Hall–Kier alpha value is -2.88. The first-order valence-corrected chi connectivity index (χ1v) is 6.80. The van der Waals surface area contributed by atoms with Crippen molar-refractivity contribution in [2.75, 3.05) is 0 Å². The summed E-state index contributed by atoms with van der Waals surface area (Å²) in [5, 5.41) is 22.8. The van der Waals surface area contributed by atoms with Crippen LogP contribution in [0.3, 0.4) is 0 Å². The van der Waals surface area contributed by atoms with Gasteiger partial charge in [0.25, 0.3) is 0 Å². The molecule has 0 fully saturated rings. The molecule has 0 heterocycles. The molecule has 0 bridgehead atoms. The van der Waals surface area contributed by atoms with E-state index in [0.717, 1.165) is 0 Å². The summed E-state index contributed by atoms with van der Waals surface area (Å²) in [6.45, 7) is 0. The number of hydrogen-bond donors (Lipinski definition) is 0. The average Bonchev–Trinajstić information content (AvgIpc) is 2.52. The molecule has 112 valence electrons. The van der Waals surface area contributed by atoms with Crippen molar-refractivity contribution in [3.63, 3.8) is 0 Å². The number of benzene rings is 2. The second kappa shape index (κ2) is 7.22. The third kappa shape index (κ3) is 4.06. The Kier molecular flexibility index (Phi) is 5.09. The summed E-state index contributed by atoms with van der Waals surface area (Å²) in [6, 6.07) is 17.6. The largest absolute Gasteiger partial charge is 0.545 e. The molecule has 0 aliphatic rings. The Labute approximate surface area is 128 Å². The van der Waals surface area contributed by atoms with E-state index in [4.69, 9.17) is 0 Å². The molecule has 0 spiro atoms. The minimum absolute atomic E-state index is 0.0146. The maximum atomic E-state index is 11.4. The highest BCUT2D eigenvalue weighted by Crippen LogP contribution is 2.16. The van der Waals surface area contributed by atoms with E-state index < -0.39 is 11.9 Å². The van der Waals surface area contributed by atoms with Crippen LogP contribution in [0.1, 0.15) is 11.1 Å². The predicted molar refractivity (Wildman–Crippen MR) is 77.3 cm³/mol. The topological polar surface area (TPSA) is 80.3 Å². The molecule has 0 saturated heterocycles. The molecule has 0 saturated carbocycles. The Morgan fingerprint density at radius 1 is 0.636 bits per heavy atom. The van der Waals surface area contributed by atoms with Crippen molar-refractivity contribution >= 4 is 11.9 Å². The van der Waals surface area contributed by atoms with Crippen molar-refractivity contribution in [2.45, 2.75) is 12.8 Å². The van der Waals surface area contributed by atoms with Gasteiger partial charge in [-0.2, -0.15) is 0 Å². The molecular weight excluding hydrogens is 280 g/mol. The van der Waals surface area contributed by atoms with Crippen molar-refractivity contribution in [3.05, 3.63) is 82.9 Å². The number of carbonyl (C=O) groups is 2. The molecule has 2 aromatic rings. The molecule has 0 N–H and O–H groups in total. The molecule has 22 heavy (non-hydrogen) atoms. The van der Waals surface area contributed by atoms with Crippen LogP contribution < -0.4 is 10.2 Å². The molecule has 0 amide bonds. The quantitative estimate of drug-likeness (QED) is 0.716. The van der Waals surface area contributed by atoms with Crippen LogP contribution in [0.15, 0.2) is 71.8 Å². The fraction of sp³-hybridized carbons (Fsp3) is 0.111. The highest BCUT2D eigenvalue weighted by atomic mass is 16.4. The molecule has 4 nitrogen and oxygen atoms in total. The molecule has 2 rings (SSSR count). The molecule has 0 unspecified atom stereocenters. The van der Waals surface area contributed by atoms with Gasteiger partial charge in [0, 0.05) is 0 Å². The number of carboxylic acid groups (broad SMARTS) is 2. The van der Waals surface area contributed by atoms with Gasteiger partial charge in [-0.25, -0.2) is 0 Å². The van der Waals surface area contributed by atoms with Crippen LogP contribution in [0.4, 0.5) is 0 Å². The third-order valence-corrected chi connectivity index (χ3v) is 3.30. The Morgan fingerprint density at radius 2 is 0.955 bits per heavy atom. The van der Waals surface area contributed by atoms with Gasteiger partial charge >= 0.3 is 0 Å². The van der Waals surface area contributed by atoms with Crippen molar-refractivity contribution in [1.82, 2.24) is 0 Å². The van der Waals surface area contributed by atoms with Crippen molar-refractivity contribution in [1.29, 1.82) is 0 Å². The maximum Gasteiger partial charge on any atom is 0.0681 e. The molecular formula is C18H14O4-2. The standard InChI is InChI=1S/C18H16O4/c19-17(20)15(11-13-7-3-1-4-8-13)16(18(21)22)12-14-9-5-2-6-10-14/h1-10H,11-12H2,(H,19,20)(H,21,22)/p-2/b16-15-. The summed E-state index contributed by atoms with van der Waals surface area (Å²) in [4.78, 5) is 22.8. The van der Waals surface area contributed by atoms with Gasteiger partial charge in [0.15, 0.2) is 0 Å². The second-order valence-corrected chi connectivity index (χ2v) is 4.86. The minimum Gasteiger partial charge on any atom is -0.545 e. The number of carbonyl (C=O) groups excluding carboxylic acids is 2. The van der Waals surface area contributed by atoms with Crippen LogP contribution in [0.25, 0.3) is 0 Å². The Bertz CT molecular complexity index is 626. The van der Waals surface area contributed by atoms with Crippen molar-refractivity contribution in [2.24, 2.45) is 0 Å². The minimum atomic E-state index is -1.49. The van der Waals surface area contributed by atoms with E-state index in [1.807, 2.05) is 0 Å². The van der Waals surface area contributed by atoms with Crippen molar-refractivity contribution in [3.8, 4) is 0 Å². The van der Waals surface area contributed by atoms with Crippen LogP contribution in [-0.2, 0) is 22.4 Å². The van der Waals surface area contributed by atoms with Crippen LogP contribution in [0, 0.1) is 0 Å². The lowest BCUT2D eigenvalue weighted by atomic mass is 9.95. The molecule has 0 aliphatic heterocycles. The summed E-state index contributed by atoms with van der Waals surface area (Å²) in [5.41, 5.74) is 0.895. The third-order valence-electron chi connectivity index (χ3n) is 3.30. The summed E-state index contributed by atoms with van der Waals surface area (Å²) in [5.74, 6) is -2.97. The zero-order valence-electron chi connectivity index (χ0n) is 11.8. The van der Waals surface area contributed by atoms with Crippen LogP contribution in [0.5, 0.6) is 0 Å². The van der Waals surface area contributed by atoms with E-state index in [1.165, 1.54) is 0 Å². The van der Waals surface area contributed by atoms with E-state index in [2.05, 4.69) is 0 Å². The van der Waals surface area contributed by atoms with Crippen LogP contribution in [-0.4, -0.2) is 11.9 Å². The van der Waals surface area contributed by atoms with Gasteiger partial charge in [0.05, 0.1) is 11.9 Å². The van der Waals surface area contributed by atoms with Gasteiger partial charge < -0.3 is 19.8 Å². The monoisotopic (exact) mass is 294 g/mol. The number of aliphatic carboxylic acids is 2. The normalized spacial score (nSPS) is 11.6. The molecule has 0 radical (unpaired) electrons. The van der Waals surface area contributed by atoms with Gasteiger partial charge in [-0.1, -0.05) is 60.7 Å². The first-order valence-electron chi connectivity index (χ1n) is 6.80. The first kappa shape index (κ1) is 15.5. The smallest absolute Gasteiger partial charge is 0.0681 e. The number of rotatable bonds is 6. The summed E-state index contributed by atoms with van der Waals surface area (Å²) >= 11 is 0. The predicted octanol–water partition coefficient (Wildman–Crippen LogP) is 0.268. The molecule has 4 heteroatoms. The molecule has 2 aromatic carbocycles. The van der Waals surface area contributed by atoms with E-state index >= 15 is 0 Å². The summed E-state index contributed by atoms with van der Waals surface area (Å²) in [6.07, 6.45) is -0.0291. The highest BCUT2D eigenvalue weighted by molar-refractivity contribution is 5.97. The van der Waals surface area contributed by atoms with Gasteiger partial charge in [-0.15, -0.1) is 0 Å². The zero-order chi connectivity index (χ0) is 15.9. The van der Waals surface area contributed by atoms with E-state index in [0.29, 0.717) is 11.1 Å². The lowest BCUT2D eigenvalue weighted by molar-refractivity contribution is -0.304. The van der Waals surface area contributed by atoms with E-state index in [-0.39, 0.29) is 24.0 Å². The van der Waals surface area contributed by atoms with Crippen LogP contribution in [0.2, 0.25) is 0 Å². The lowest BCUT2D eigenvalue weighted by Crippen LogP contribution is -2.33. The Morgan fingerprint density at radius 3 is 1.23 bits per heavy atom. The summed E-state index contributed by atoms with van der Waals surface area (Å²) < 4.78 is 0. The SMILES string of the molecule is O=C([O-])/C(Cc1ccccc1)=C(/Cc1ccccc1)C(=O)[O-]. The van der Waals surface area contributed by atoms with Gasteiger partial charge in [0.1, 0.15) is 0 Å². The Balaban J connectivity index is 2.39. The molecule has 0 aliphatic carbocycles. The fourth-order valence-electron chi connectivity index (χ4n) is 2.20. The van der Waals surface area contributed by atoms with Gasteiger partial charge in [-0.3, -0.25) is 0 Å². The number of carboxylic acids is 2. The fourth-order valence-corrected chi connectivity index (χ4v) is 2.20.